The summed E-state index contributed by atoms with van der Waals surface area (Å²) in [6, 6.07) is 8.51. The van der Waals surface area contributed by atoms with Crippen LogP contribution in [0.2, 0.25) is 0 Å². The Labute approximate surface area is 203 Å². The number of aromatic nitrogens is 1. The predicted molar refractivity (Wildman–Crippen MR) is 134 cm³/mol. The zero-order chi connectivity index (χ0) is 24.9. The molecule has 0 radical (unpaired) electrons. The maximum atomic E-state index is 12.9. The van der Waals surface area contributed by atoms with Crippen LogP contribution < -0.4 is 10.2 Å². The van der Waals surface area contributed by atoms with E-state index in [9.17, 15) is 13.2 Å². The van der Waals surface area contributed by atoms with Crippen molar-refractivity contribution in [1.29, 1.82) is 0 Å². The van der Waals surface area contributed by atoms with Gasteiger partial charge in [-0.15, -0.1) is 0 Å². The third-order valence-electron chi connectivity index (χ3n) is 6.14. The molecule has 0 aliphatic carbocycles. The molecule has 0 atom stereocenters. The minimum Gasteiger partial charge on any atom is -0.494 e. The lowest BCUT2D eigenvalue weighted by atomic mass is 9.98. The maximum absolute atomic E-state index is 12.9. The van der Waals surface area contributed by atoms with E-state index in [0.717, 1.165) is 17.8 Å². The highest BCUT2D eigenvalue weighted by Crippen LogP contribution is 2.25. The van der Waals surface area contributed by atoms with Crippen LogP contribution in [0.5, 0.6) is 5.75 Å². The Morgan fingerprint density at radius 3 is 2.44 bits per heavy atom. The second kappa shape index (κ2) is 11.2. The molecule has 8 nitrogen and oxygen atoms in total. The summed E-state index contributed by atoms with van der Waals surface area (Å²) >= 11 is 0. The van der Waals surface area contributed by atoms with Crippen LogP contribution in [0.4, 0.5) is 0 Å². The molecule has 2 heterocycles. The van der Waals surface area contributed by atoms with Crippen LogP contribution in [0, 0.1) is 25.7 Å². The Bertz CT molecular complexity index is 1110. The van der Waals surface area contributed by atoms with Crippen molar-refractivity contribution >= 4 is 22.1 Å². The molecule has 9 heteroatoms. The molecule has 1 amide bonds. The summed E-state index contributed by atoms with van der Waals surface area (Å²) in [5.74, 6) is 0.736. The lowest BCUT2D eigenvalue weighted by Crippen LogP contribution is -2.42. The Kier molecular flexibility index (Phi) is 8.54. The number of rotatable bonds is 9. The van der Waals surface area contributed by atoms with Gasteiger partial charge in [-0.05, 0) is 69.9 Å². The van der Waals surface area contributed by atoms with Crippen molar-refractivity contribution in [2.45, 2.75) is 58.9 Å². The smallest absolute Gasteiger partial charge is 0.243 e. The number of nitrogens with one attached hydrogen (secondary N) is 1. The first-order valence-electron chi connectivity index (χ1n) is 11.9. The number of hydrazone groups is 1. The van der Waals surface area contributed by atoms with Gasteiger partial charge in [0.1, 0.15) is 5.75 Å². The number of ether oxygens (including phenoxy) is 1. The van der Waals surface area contributed by atoms with E-state index < -0.39 is 10.0 Å². The van der Waals surface area contributed by atoms with Gasteiger partial charge in [0.15, 0.2) is 0 Å². The van der Waals surface area contributed by atoms with Crippen molar-refractivity contribution < 1.29 is 17.9 Å². The molecule has 0 unspecified atom stereocenters. The summed E-state index contributed by atoms with van der Waals surface area (Å²) in [6.07, 6.45) is 2.60. The van der Waals surface area contributed by atoms with E-state index in [1.807, 2.05) is 6.92 Å². The third-order valence-corrected chi connectivity index (χ3v) is 8.05. The van der Waals surface area contributed by atoms with Crippen molar-refractivity contribution in [2.75, 3.05) is 19.7 Å². The normalized spacial score (nSPS) is 15.8. The van der Waals surface area contributed by atoms with Crippen LogP contribution in [-0.4, -0.2) is 49.1 Å². The van der Waals surface area contributed by atoms with Gasteiger partial charge in [-0.2, -0.15) is 9.41 Å². The number of nitrogens with zero attached hydrogens (tertiary/aromatic N) is 3. The topological polar surface area (TPSA) is 93.0 Å². The van der Waals surface area contributed by atoms with Crippen molar-refractivity contribution in [3.8, 4) is 5.75 Å². The lowest BCUT2D eigenvalue weighted by Gasteiger charge is -2.30. The van der Waals surface area contributed by atoms with Crippen LogP contribution in [-0.2, 0) is 21.4 Å². The molecule has 186 valence electrons. The van der Waals surface area contributed by atoms with Gasteiger partial charge in [0.2, 0.25) is 15.9 Å². The van der Waals surface area contributed by atoms with Crippen LogP contribution in [0.3, 0.4) is 0 Å². The first-order chi connectivity index (χ1) is 16.1. The highest BCUT2D eigenvalue weighted by Gasteiger charge is 2.32. The fourth-order valence-electron chi connectivity index (χ4n) is 4.24. The number of carbonyl (C=O) groups excluding carboxylic acids is 1. The molecular formula is C25H36N4O4S. The van der Waals surface area contributed by atoms with Gasteiger partial charge in [0.25, 0.3) is 0 Å². The van der Waals surface area contributed by atoms with E-state index in [1.165, 1.54) is 10.00 Å². The van der Waals surface area contributed by atoms with Gasteiger partial charge in [-0.3, -0.25) is 4.79 Å². The molecule has 0 saturated carbocycles. The first-order valence-corrected chi connectivity index (χ1v) is 13.3. The van der Waals surface area contributed by atoms with Gasteiger partial charge < -0.3 is 9.30 Å². The van der Waals surface area contributed by atoms with E-state index in [0.29, 0.717) is 44.2 Å². The van der Waals surface area contributed by atoms with Crippen LogP contribution >= 0.6 is 0 Å². The molecule has 34 heavy (non-hydrogen) atoms. The van der Waals surface area contributed by atoms with Gasteiger partial charge in [-0.25, -0.2) is 13.8 Å². The van der Waals surface area contributed by atoms with Gasteiger partial charge >= 0.3 is 0 Å². The largest absolute Gasteiger partial charge is 0.494 e. The first kappa shape index (κ1) is 26.0. The van der Waals surface area contributed by atoms with Gasteiger partial charge in [-0.1, -0.05) is 13.8 Å². The van der Waals surface area contributed by atoms with E-state index >= 15 is 0 Å². The molecule has 1 aromatic carbocycles. The maximum Gasteiger partial charge on any atom is 0.243 e. The Morgan fingerprint density at radius 2 is 1.85 bits per heavy atom. The monoisotopic (exact) mass is 488 g/mol. The van der Waals surface area contributed by atoms with Crippen LogP contribution in [0.15, 0.2) is 40.3 Å². The van der Waals surface area contributed by atoms with Crippen molar-refractivity contribution in [2.24, 2.45) is 16.9 Å². The second-order valence-electron chi connectivity index (χ2n) is 9.15. The predicted octanol–water partition coefficient (Wildman–Crippen LogP) is 3.71. The average molecular weight is 489 g/mol. The summed E-state index contributed by atoms with van der Waals surface area (Å²) in [4.78, 5) is 12.8. The molecule has 1 aliphatic rings. The zero-order valence-electron chi connectivity index (χ0n) is 20.7. The van der Waals surface area contributed by atoms with E-state index in [2.05, 4.69) is 48.9 Å². The molecular weight excluding hydrogens is 452 g/mol. The minimum atomic E-state index is -3.60. The molecule has 1 fully saturated rings. The number of piperidine rings is 1. The minimum absolute atomic E-state index is 0.176. The Hall–Kier alpha value is -2.65. The fraction of sp³-hybridized carbons (Fsp3) is 0.520. The standard InChI is InChI=1S/C25H36N4O4S/c1-6-33-23-7-9-24(10-8-23)34(31,32)28-13-11-21(12-14-28)25(30)27-26-16-22-15-19(4)29(20(22)5)17-18(2)3/h7-10,15-16,18,21H,6,11-14,17H2,1-5H3,(H,27,30)/b26-16-. The zero-order valence-corrected chi connectivity index (χ0v) is 21.6. The SMILES string of the molecule is CCOc1ccc(S(=O)(=O)N2CCC(C(=O)N/N=C\c3cc(C)n(CC(C)C)c3C)CC2)cc1. The molecule has 3 rings (SSSR count). The van der Waals surface area contributed by atoms with Crippen LogP contribution in [0.1, 0.15) is 50.6 Å². The number of aryl methyl sites for hydroxylation is 1. The quantitative estimate of drug-likeness (QED) is 0.430. The molecule has 1 saturated heterocycles. The molecule has 0 spiro atoms. The number of sulfonamides is 1. The Morgan fingerprint density at radius 1 is 1.21 bits per heavy atom. The number of benzene rings is 1. The fourth-order valence-corrected chi connectivity index (χ4v) is 5.71. The Balaban J connectivity index is 1.54. The van der Waals surface area contributed by atoms with Crippen molar-refractivity contribution in [3.63, 3.8) is 0 Å². The third kappa shape index (κ3) is 6.07. The summed E-state index contributed by atoms with van der Waals surface area (Å²) in [5, 5.41) is 4.17. The van der Waals surface area contributed by atoms with Crippen LogP contribution in [0.25, 0.3) is 0 Å². The molecule has 0 bridgehead atoms. The van der Waals surface area contributed by atoms with Gasteiger partial charge in [0, 0.05) is 42.5 Å². The van der Waals surface area contributed by atoms with Crippen molar-refractivity contribution in [3.05, 3.63) is 47.3 Å². The number of amides is 1. The second-order valence-corrected chi connectivity index (χ2v) is 11.1. The van der Waals surface area contributed by atoms with E-state index in [1.54, 1.807) is 30.5 Å². The number of hydrogen-bond acceptors (Lipinski definition) is 5. The molecule has 1 aliphatic heterocycles. The lowest BCUT2D eigenvalue weighted by molar-refractivity contribution is -0.126. The highest BCUT2D eigenvalue weighted by molar-refractivity contribution is 7.89. The summed E-state index contributed by atoms with van der Waals surface area (Å²) in [6.45, 7) is 12.4. The summed E-state index contributed by atoms with van der Waals surface area (Å²) < 4.78 is 35.0. The summed E-state index contributed by atoms with van der Waals surface area (Å²) in [5.41, 5.74) is 5.91. The number of hydrogen-bond donors (Lipinski definition) is 1. The van der Waals surface area contributed by atoms with Gasteiger partial charge in [0.05, 0.1) is 17.7 Å². The highest BCUT2D eigenvalue weighted by atomic mass is 32.2. The molecule has 2 aromatic rings. The summed E-state index contributed by atoms with van der Waals surface area (Å²) in [7, 11) is -3.60. The molecule has 1 aromatic heterocycles. The van der Waals surface area contributed by atoms with E-state index in [-0.39, 0.29) is 16.7 Å². The molecule has 1 N–H and O–H groups in total. The van der Waals surface area contributed by atoms with E-state index in [4.69, 9.17) is 4.74 Å². The van der Waals surface area contributed by atoms with Crippen molar-refractivity contribution in [1.82, 2.24) is 14.3 Å². The number of carbonyl (C=O) groups is 1. The average Bonchev–Trinajstić information content (AvgIpc) is 3.07.